The number of aryl methyl sites for hydroxylation is 1. The number of aromatic nitrogens is 2. The molecule has 8 nitrogen and oxygen atoms in total. The molecule has 194 valence electrons. The van der Waals surface area contributed by atoms with Crippen LogP contribution in [0.3, 0.4) is 0 Å². The van der Waals surface area contributed by atoms with Gasteiger partial charge in [-0.15, -0.1) is 0 Å². The van der Waals surface area contributed by atoms with E-state index >= 15 is 0 Å². The maximum atomic E-state index is 14.6. The Bertz CT molecular complexity index is 1720. The Balaban J connectivity index is 1.76. The number of amides is 1. The maximum Gasteiger partial charge on any atom is 0.330 e. The summed E-state index contributed by atoms with van der Waals surface area (Å²) < 4.78 is 21.9. The molecule has 0 saturated heterocycles. The minimum Gasteiger partial charge on any atom is -0.496 e. The van der Waals surface area contributed by atoms with Gasteiger partial charge in [0.25, 0.3) is 11.5 Å². The highest BCUT2D eigenvalue weighted by Gasteiger charge is 2.19. The molecule has 1 amide bonds. The molecule has 1 N–H and O–H groups in total. The van der Waals surface area contributed by atoms with Crippen LogP contribution in [-0.2, 0) is 14.1 Å². The van der Waals surface area contributed by atoms with Crippen LogP contribution in [0.15, 0.2) is 64.3 Å². The third-order valence-corrected chi connectivity index (χ3v) is 6.64. The second-order valence-corrected chi connectivity index (χ2v) is 8.90. The molecular weight excluding hydrogens is 489 g/mol. The zero-order chi connectivity index (χ0) is 27.7. The van der Waals surface area contributed by atoms with Crippen molar-refractivity contribution in [3.63, 3.8) is 0 Å². The van der Waals surface area contributed by atoms with E-state index < -0.39 is 23.0 Å². The molecule has 9 heteroatoms. The van der Waals surface area contributed by atoms with Gasteiger partial charge in [-0.25, -0.2) is 9.18 Å². The van der Waals surface area contributed by atoms with Gasteiger partial charge in [0.1, 0.15) is 17.1 Å². The summed E-state index contributed by atoms with van der Waals surface area (Å²) in [6, 6.07) is 13.9. The molecule has 0 aliphatic rings. The minimum absolute atomic E-state index is 0.141. The zero-order valence-corrected chi connectivity index (χ0v) is 21.6. The Labute approximate surface area is 217 Å². The molecule has 0 aliphatic heterocycles. The van der Waals surface area contributed by atoms with Crippen molar-refractivity contribution in [3.05, 3.63) is 104 Å². The van der Waals surface area contributed by atoms with Gasteiger partial charge in [0.05, 0.1) is 12.7 Å². The van der Waals surface area contributed by atoms with Gasteiger partial charge >= 0.3 is 5.69 Å². The predicted octanol–water partition coefficient (Wildman–Crippen LogP) is 4.25. The van der Waals surface area contributed by atoms with E-state index in [1.54, 1.807) is 18.2 Å². The smallest absolute Gasteiger partial charge is 0.330 e. The number of hydrogen-bond acceptors (Lipinski definition) is 5. The number of nitrogens with one attached hydrogen (secondary N) is 1. The van der Waals surface area contributed by atoms with Crippen LogP contribution in [0.4, 0.5) is 10.1 Å². The van der Waals surface area contributed by atoms with E-state index in [0.29, 0.717) is 17.5 Å². The van der Waals surface area contributed by atoms with E-state index in [9.17, 15) is 23.6 Å². The summed E-state index contributed by atoms with van der Waals surface area (Å²) in [5.41, 5.74) is 3.57. The van der Waals surface area contributed by atoms with Crippen molar-refractivity contribution >= 4 is 17.9 Å². The van der Waals surface area contributed by atoms with Gasteiger partial charge in [-0.1, -0.05) is 30.3 Å². The van der Waals surface area contributed by atoms with Gasteiger partial charge in [0.15, 0.2) is 6.29 Å². The average Bonchev–Trinajstić information content (AvgIpc) is 2.90. The highest BCUT2D eigenvalue weighted by atomic mass is 19.1. The standard InChI is InChI=1S/C29H26FN3O5/c1-16-19(18-12-24(30)23(15-34)26(13-18)38-5)8-6-9-20(16)21-10-7-11-25(17(21)2)31-27(35)22-14-32(3)29(37)33(4)28(22)36/h6-15H,1-5H3,(H,31,35). The van der Waals surface area contributed by atoms with Crippen molar-refractivity contribution in [1.82, 2.24) is 9.13 Å². The highest BCUT2D eigenvalue weighted by Crippen LogP contribution is 2.37. The SMILES string of the molecule is COc1cc(-c2cccc(-c3cccc(NC(=O)c4cn(C)c(=O)n(C)c4=O)c3C)c2C)cc(F)c1C=O. The third-order valence-electron chi connectivity index (χ3n) is 6.64. The van der Waals surface area contributed by atoms with Gasteiger partial charge in [-0.2, -0.15) is 0 Å². The molecule has 1 heterocycles. The molecule has 4 rings (SSSR count). The van der Waals surface area contributed by atoms with E-state index in [-0.39, 0.29) is 16.9 Å². The number of nitrogens with zero attached hydrogens (tertiary/aromatic N) is 2. The van der Waals surface area contributed by atoms with Crippen LogP contribution >= 0.6 is 0 Å². The highest BCUT2D eigenvalue weighted by molar-refractivity contribution is 6.04. The molecule has 1 aromatic heterocycles. The van der Waals surface area contributed by atoms with Crippen LogP contribution in [-0.4, -0.2) is 28.4 Å². The fourth-order valence-electron chi connectivity index (χ4n) is 4.49. The van der Waals surface area contributed by atoms with Crippen molar-refractivity contribution in [2.45, 2.75) is 13.8 Å². The maximum absolute atomic E-state index is 14.6. The van der Waals surface area contributed by atoms with Gasteiger partial charge < -0.3 is 14.6 Å². The van der Waals surface area contributed by atoms with E-state index in [1.807, 2.05) is 38.1 Å². The third kappa shape index (κ3) is 4.54. The largest absolute Gasteiger partial charge is 0.496 e. The topological polar surface area (TPSA) is 99.4 Å². The fraction of sp³-hybridized carbons (Fsp3) is 0.172. The number of benzene rings is 3. The van der Waals surface area contributed by atoms with Crippen molar-refractivity contribution in [2.24, 2.45) is 14.1 Å². The van der Waals surface area contributed by atoms with Crippen molar-refractivity contribution in [2.75, 3.05) is 12.4 Å². The Morgan fingerprint density at radius 3 is 2.26 bits per heavy atom. The quantitative estimate of drug-likeness (QED) is 0.387. The number of methoxy groups -OCH3 is 1. The normalized spacial score (nSPS) is 10.8. The van der Waals surface area contributed by atoms with Crippen molar-refractivity contribution in [1.29, 1.82) is 0 Å². The summed E-state index contributed by atoms with van der Waals surface area (Å²) in [4.78, 5) is 48.8. The Hall–Kier alpha value is -4.79. The summed E-state index contributed by atoms with van der Waals surface area (Å²) in [6.45, 7) is 3.75. The molecule has 3 aromatic carbocycles. The molecule has 0 aliphatic carbocycles. The minimum atomic E-state index is -0.689. The fourth-order valence-corrected chi connectivity index (χ4v) is 4.49. The second-order valence-electron chi connectivity index (χ2n) is 8.90. The molecular formula is C29H26FN3O5. The van der Waals surface area contributed by atoms with E-state index in [2.05, 4.69) is 5.32 Å². The number of carbonyl (C=O) groups is 2. The van der Waals surface area contributed by atoms with E-state index in [0.717, 1.165) is 32.4 Å². The van der Waals surface area contributed by atoms with Crippen LogP contribution < -0.4 is 21.3 Å². The predicted molar refractivity (Wildman–Crippen MR) is 144 cm³/mol. The lowest BCUT2D eigenvalue weighted by Crippen LogP contribution is -2.40. The van der Waals surface area contributed by atoms with E-state index in [1.165, 1.54) is 38.0 Å². The van der Waals surface area contributed by atoms with Crippen LogP contribution in [0.25, 0.3) is 22.3 Å². The second kappa shape index (κ2) is 10.3. The Morgan fingerprint density at radius 2 is 1.61 bits per heavy atom. The number of rotatable bonds is 6. The summed E-state index contributed by atoms with van der Waals surface area (Å²) >= 11 is 0. The lowest BCUT2D eigenvalue weighted by atomic mass is 9.90. The van der Waals surface area contributed by atoms with Crippen LogP contribution in [0.1, 0.15) is 31.8 Å². The summed E-state index contributed by atoms with van der Waals surface area (Å²) in [6.07, 6.45) is 1.64. The number of halogens is 1. The van der Waals surface area contributed by atoms with Crippen molar-refractivity contribution in [3.8, 4) is 28.0 Å². The van der Waals surface area contributed by atoms with Gasteiger partial charge in [-0.05, 0) is 65.4 Å². The molecule has 0 spiro atoms. The number of hydrogen-bond donors (Lipinski definition) is 1. The summed E-state index contributed by atoms with van der Waals surface area (Å²) in [7, 11) is 4.16. The molecule has 0 unspecified atom stereocenters. The number of ether oxygens (including phenoxy) is 1. The lowest BCUT2D eigenvalue weighted by molar-refractivity contribution is 0.102. The first-order valence-corrected chi connectivity index (χ1v) is 11.7. The van der Waals surface area contributed by atoms with Crippen LogP contribution in [0.2, 0.25) is 0 Å². The molecule has 38 heavy (non-hydrogen) atoms. The lowest BCUT2D eigenvalue weighted by Gasteiger charge is -2.17. The first kappa shape index (κ1) is 26.3. The van der Waals surface area contributed by atoms with Gasteiger partial charge in [-0.3, -0.25) is 19.0 Å². The van der Waals surface area contributed by atoms with Gasteiger partial charge in [0, 0.05) is 26.0 Å². The number of anilines is 1. The summed E-state index contributed by atoms with van der Waals surface area (Å²) in [5.74, 6) is -1.17. The van der Waals surface area contributed by atoms with E-state index in [4.69, 9.17) is 4.74 Å². The number of aldehydes is 1. The molecule has 0 fully saturated rings. The average molecular weight is 516 g/mol. The van der Waals surface area contributed by atoms with Crippen molar-refractivity contribution < 1.29 is 18.7 Å². The first-order chi connectivity index (χ1) is 18.1. The zero-order valence-electron chi connectivity index (χ0n) is 21.6. The molecule has 0 atom stereocenters. The van der Waals surface area contributed by atoms with Gasteiger partial charge in [0.2, 0.25) is 0 Å². The van der Waals surface area contributed by atoms with Crippen LogP contribution in [0, 0.1) is 19.7 Å². The molecule has 4 aromatic rings. The Morgan fingerprint density at radius 1 is 0.974 bits per heavy atom. The molecule has 0 radical (unpaired) electrons. The monoisotopic (exact) mass is 515 g/mol. The molecule has 0 saturated carbocycles. The molecule has 0 bridgehead atoms. The Kier molecular flexibility index (Phi) is 7.12. The first-order valence-electron chi connectivity index (χ1n) is 11.7. The number of carbonyl (C=O) groups excluding carboxylic acids is 2. The summed E-state index contributed by atoms with van der Waals surface area (Å²) in [5, 5.41) is 2.79. The van der Waals surface area contributed by atoms with Crippen LogP contribution in [0.5, 0.6) is 5.75 Å².